The van der Waals surface area contributed by atoms with E-state index in [1.807, 2.05) is 6.26 Å². The minimum absolute atomic E-state index is 0.0749. The number of carbonyl (C=O) groups excluding carboxylic acids is 3. The highest BCUT2D eigenvalue weighted by Gasteiger charge is 2.51. The largest absolute Gasteiger partial charge is 0.494 e. The number of hydrogen-bond donors (Lipinski definition) is 1. The molecule has 0 spiro atoms. The average molecular weight is 408 g/mol. The fourth-order valence-electron chi connectivity index (χ4n) is 4.07. The summed E-state index contributed by atoms with van der Waals surface area (Å²) in [6, 6.07) is 3.22. The number of benzene rings is 1. The number of imide groups is 1. The molecule has 0 aromatic heterocycles. The van der Waals surface area contributed by atoms with Crippen molar-refractivity contribution in [3.05, 3.63) is 24.0 Å². The van der Waals surface area contributed by atoms with Crippen LogP contribution in [0.1, 0.15) is 32.1 Å². The number of thioether (sulfide) groups is 1. The van der Waals surface area contributed by atoms with Crippen LogP contribution >= 0.6 is 11.8 Å². The SMILES string of the molecule is COc1ccc(NC(=O)C(CCSC)N2C(=O)C3CCCCC3C2=O)cc1F. The van der Waals surface area contributed by atoms with E-state index in [1.165, 1.54) is 24.1 Å². The minimum atomic E-state index is -0.886. The van der Waals surface area contributed by atoms with Crippen LogP contribution in [0.2, 0.25) is 0 Å². The molecule has 28 heavy (non-hydrogen) atoms. The Hall–Kier alpha value is -2.09. The van der Waals surface area contributed by atoms with Crippen molar-refractivity contribution in [2.45, 2.75) is 38.1 Å². The van der Waals surface area contributed by atoms with Crippen molar-refractivity contribution >= 4 is 35.2 Å². The molecule has 2 aliphatic rings. The monoisotopic (exact) mass is 408 g/mol. The van der Waals surface area contributed by atoms with Crippen LogP contribution in [0.25, 0.3) is 0 Å². The number of amides is 3. The Morgan fingerprint density at radius 3 is 2.46 bits per heavy atom. The molecule has 1 saturated carbocycles. The van der Waals surface area contributed by atoms with Crippen molar-refractivity contribution in [1.29, 1.82) is 0 Å². The first kappa shape index (κ1) is 20.6. The van der Waals surface area contributed by atoms with Gasteiger partial charge in [0.2, 0.25) is 17.7 Å². The van der Waals surface area contributed by atoms with Crippen LogP contribution in [0.5, 0.6) is 5.75 Å². The Labute approximate surface area is 168 Å². The van der Waals surface area contributed by atoms with Crippen molar-refractivity contribution in [3.8, 4) is 5.75 Å². The van der Waals surface area contributed by atoms with E-state index in [4.69, 9.17) is 4.74 Å². The molecule has 1 aromatic rings. The lowest BCUT2D eigenvalue weighted by Gasteiger charge is -2.26. The van der Waals surface area contributed by atoms with E-state index in [0.29, 0.717) is 25.0 Å². The highest BCUT2D eigenvalue weighted by molar-refractivity contribution is 7.98. The second-order valence-corrected chi connectivity index (χ2v) is 8.17. The number of likely N-dealkylation sites (tertiary alicyclic amines) is 1. The predicted octanol–water partition coefficient (Wildman–Crippen LogP) is 3.07. The minimum Gasteiger partial charge on any atom is -0.494 e. The van der Waals surface area contributed by atoms with E-state index in [0.717, 1.165) is 18.9 Å². The van der Waals surface area contributed by atoms with E-state index in [-0.39, 0.29) is 35.1 Å². The molecule has 152 valence electrons. The summed E-state index contributed by atoms with van der Waals surface area (Å²) in [5.41, 5.74) is 0.258. The zero-order valence-corrected chi connectivity index (χ0v) is 16.9. The fraction of sp³-hybridized carbons (Fsp3) is 0.550. The summed E-state index contributed by atoms with van der Waals surface area (Å²) in [5.74, 6) is -1.45. The zero-order valence-electron chi connectivity index (χ0n) is 16.1. The zero-order chi connectivity index (χ0) is 20.3. The first-order valence-electron chi connectivity index (χ1n) is 9.48. The third-order valence-corrected chi connectivity index (χ3v) is 6.15. The van der Waals surface area contributed by atoms with Crippen LogP contribution in [-0.4, -0.2) is 47.8 Å². The normalized spacial score (nSPS) is 22.8. The summed E-state index contributed by atoms with van der Waals surface area (Å²) >= 11 is 1.54. The molecule has 3 amide bonds. The van der Waals surface area contributed by atoms with Crippen LogP contribution in [0, 0.1) is 17.7 Å². The Balaban J connectivity index is 1.81. The highest BCUT2D eigenvalue weighted by Crippen LogP contribution is 2.39. The van der Waals surface area contributed by atoms with E-state index < -0.39 is 17.8 Å². The van der Waals surface area contributed by atoms with Crippen molar-refractivity contribution in [3.63, 3.8) is 0 Å². The number of ether oxygens (including phenoxy) is 1. The summed E-state index contributed by atoms with van der Waals surface area (Å²) < 4.78 is 18.8. The van der Waals surface area contributed by atoms with Gasteiger partial charge in [0.1, 0.15) is 6.04 Å². The molecule has 1 saturated heterocycles. The molecule has 1 heterocycles. The van der Waals surface area contributed by atoms with Gasteiger partial charge < -0.3 is 10.1 Å². The maximum Gasteiger partial charge on any atom is 0.247 e. The Bertz CT molecular complexity index is 749. The van der Waals surface area contributed by atoms with Crippen LogP contribution in [0.4, 0.5) is 10.1 Å². The number of fused-ring (bicyclic) bond motifs is 1. The van der Waals surface area contributed by atoms with Gasteiger partial charge in [-0.3, -0.25) is 19.3 Å². The standard InChI is InChI=1S/C20H25FN2O4S/c1-27-17-8-7-12(11-15(17)21)22-18(24)16(9-10-28-2)23-19(25)13-5-3-4-6-14(13)20(23)26/h7-8,11,13-14,16H,3-6,9-10H2,1-2H3,(H,22,24). The van der Waals surface area contributed by atoms with Gasteiger partial charge in [-0.2, -0.15) is 11.8 Å². The maximum atomic E-state index is 13.9. The summed E-state index contributed by atoms with van der Waals surface area (Å²) in [4.78, 5) is 39.9. The topological polar surface area (TPSA) is 75.7 Å². The van der Waals surface area contributed by atoms with Gasteiger partial charge in [0, 0.05) is 11.8 Å². The van der Waals surface area contributed by atoms with Crippen molar-refractivity contribution in [2.75, 3.05) is 24.4 Å². The van der Waals surface area contributed by atoms with Crippen LogP contribution in [-0.2, 0) is 14.4 Å². The number of nitrogens with zero attached hydrogens (tertiary/aromatic N) is 1. The molecule has 0 radical (unpaired) electrons. The van der Waals surface area contributed by atoms with Crippen LogP contribution < -0.4 is 10.1 Å². The number of anilines is 1. The molecule has 8 heteroatoms. The van der Waals surface area contributed by atoms with Gasteiger partial charge in [-0.1, -0.05) is 12.8 Å². The second kappa shape index (κ2) is 8.94. The quantitative estimate of drug-likeness (QED) is 0.702. The van der Waals surface area contributed by atoms with Crippen molar-refractivity contribution in [1.82, 2.24) is 4.90 Å². The first-order chi connectivity index (χ1) is 13.5. The number of halogens is 1. The lowest BCUT2D eigenvalue weighted by molar-refractivity contribution is -0.146. The third-order valence-electron chi connectivity index (χ3n) is 5.50. The van der Waals surface area contributed by atoms with Gasteiger partial charge in [0.05, 0.1) is 18.9 Å². The average Bonchev–Trinajstić information content (AvgIpc) is 2.94. The van der Waals surface area contributed by atoms with Crippen molar-refractivity contribution in [2.24, 2.45) is 11.8 Å². The van der Waals surface area contributed by atoms with Crippen LogP contribution in [0.15, 0.2) is 18.2 Å². The van der Waals surface area contributed by atoms with Gasteiger partial charge in [-0.25, -0.2) is 4.39 Å². The van der Waals surface area contributed by atoms with Crippen molar-refractivity contribution < 1.29 is 23.5 Å². The molecule has 3 rings (SSSR count). The summed E-state index contributed by atoms with van der Waals surface area (Å²) in [6.07, 6.45) is 5.53. The molecule has 1 aromatic carbocycles. The Morgan fingerprint density at radius 1 is 1.29 bits per heavy atom. The molecule has 1 aliphatic heterocycles. The molecular weight excluding hydrogens is 383 g/mol. The van der Waals surface area contributed by atoms with E-state index in [1.54, 1.807) is 11.8 Å². The van der Waals surface area contributed by atoms with Gasteiger partial charge in [-0.15, -0.1) is 0 Å². The smallest absolute Gasteiger partial charge is 0.247 e. The molecular formula is C20H25FN2O4S. The molecule has 3 atom stereocenters. The third kappa shape index (κ3) is 4.01. The van der Waals surface area contributed by atoms with E-state index in [2.05, 4.69) is 5.32 Å². The lowest BCUT2D eigenvalue weighted by atomic mass is 9.81. The van der Waals surface area contributed by atoms with E-state index in [9.17, 15) is 18.8 Å². The predicted molar refractivity (Wildman–Crippen MR) is 106 cm³/mol. The second-order valence-electron chi connectivity index (χ2n) is 7.18. The van der Waals surface area contributed by atoms with Crippen LogP contribution in [0.3, 0.4) is 0 Å². The number of rotatable bonds is 7. The van der Waals surface area contributed by atoms with Gasteiger partial charge in [0.15, 0.2) is 11.6 Å². The molecule has 2 fully saturated rings. The number of carbonyl (C=O) groups is 3. The number of methoxy groups -OCH3 is 1. The Kier molecular flexibility index (Phi) is 6.59. The summed E-state index contributed by atoms with van der Waals surface area (Å²) in [5, 5.41) is 2.65. The van der Waals surface area contributed by atoms with Gasteiger partial charge in [0.25, 0.3) is 0 Å². The van der Waals surface area contributed by atoms with Gasteiger partial charge >= 0.3 is 0 Å². The summed E-state index contributed by atoms with van der Waals surface area (Å²) in [6.45, 7) is 0. The molecule has 3 unspecified atom stereocenters. The Morgan fingerprint density at radius 2 is 1.93 bits per heavy atom. The van der Waals surface area contributed by atoms with E-state index >= 15 is 0 Å². The molecule has 0 bridgehead atoms. The molecule has 6 nitrogen and oxygen atoms in total. The number of nitrogens with one attached hydrogen (secondary N) is 1. The first-order valence-corrected chi connectivity index (χ1v) is 10.9. The highest BCUT2D eigenvalue weighted by atomic mass is 32.2. The summed E-state index contributed by atoms with van der Waals surface area (Å²) in [7, 11) is 1.36. The number of hydrogen-bond acceptors (Lipinski definition) is 5. The molecule has 1 N–H and O–H groups in total. The molecule has 1 aliphatic carbocycles. The lowest BCUT2D eigenvalue weighted by Crippen LogP contribution is -2.48. The fourth-order valence-corrected chi connectivity index (χ4v) is 4.53. The maximum absolute atomic E-state index is 13.9. The van der Waals surface area contributed by atoms with Gasteiger partial charge in [-0.05, 0) is 43.4 Å².